The molecule has 0 N–H and O–H groups in total. The number of hydrogen-bond acceptors (Lipinski definition) is 1. The van der Waals surface area contributed by atoms with Crippen molar-refractivity contribution in [1.82, 2.24) is 14.1 Å². The molecule has 0 bridgehead atoms. The smallest absolute Gasteiger partial charge is 0.308 e. The first-order valence-corrected chi connectivity index (χ1v) is 24.6. The molecule has 0 amide bonds. The van der Waals surface area contributed by atoms with Gasteiger partial charge in [-0.05, 0) is 117 Å². The lowest BCUT2D eigenvalue weighted by molar-refractivity contribution is -0.137. The summed E-state index contributed by atoms with van der Waals surface area (Å²) in [4.78, 5) is 5.44. The van der Waals surface area contributed by atoms with E-state index in [1.54, 1.807) is 0 Å². The van der Waals surface area contributed by atoms with Crippen LogP contribution in [0.1, 0.15) is 31.2 Å². The van der Waals surface area contributed by atoms with E-state index in [4.69, 9.17) is 4.98 Å². The summed E-state index contributed by atoms with van der Waals surface area (Å²) in [5.41, 5.74) is 10.5. The van der Waals surface area contributed by atoms with Crippen molar-refractivity contribution < 1.29 is 13.2 Å². The first-order chi connectivity index (χ1) is 35.3. The van der Waals surface area contributed by atoms with Gasteiger partial charge in [0.2, 0.25) is 0 Å². The number of fused-ring (bicyclic) bond motifs is 6. The molecule has 3 heterocycles. The van der Waals surface area contributed by atoms with Crippen LogP contribution in [0.15, 0.2) is 231 Å². The highest BCUT2D eigenvalue weighted by Crippen LogP contribution is 2.45. The van der Waals surface area contributed by atoms with Crippen LogP contribution >= 0.6 is 0 Å². The number of halogens is 3. The number of hydrogen-bond donors (Lipinski definition) is 0. The van der Waals surface area contributed by atoms with Crippen LogP contribution in [0.2, 0.25) is 0 Å². The molecule has 0 spiro atoms. The Balaban J connectivity index is 1.24. The van der Waals surface area contributed by atoms with Crippen LogP contribution in [0.25, 0.3) is 99.8 Å². The van der Waals surface area contributed by atoms with Crippen LogP contribution < -0.4 is 20.9 Å². The van der Waals surface area contributed by atoms with Crippen LogP contribution in [-0.4, -0.2) is 14.1 Å². The van der Waals surface area contributed by atoms with E-state index in [2.05, 4.69) is 131 Å². The van der Waals surface area contributed by atoms with E-state index in [0.717, 1.165) is 118 Å². The van der Waals surface area contributed by atoms with Crippen molar-refractivity contribution in [2.45, 2.75) is 31.9 Å². The lowest BCUT2D eigenvalue weighted by Gasteiger charge is -2.22. The van der Waals surface area contributed by atoms with Crippen LogP contribution in [0.5, 0.6) is 0 Å². The fraction of sp³-hybridized carbons (Fsp3) is 0.0758. The lowest BCUT2D eigenvalue weighted by atomic mass is 9.99. The molecule has 3 nitrogen and oxygen atoms in total. The highest BCUT2D eigenvalue weighted by molar-refractivity contribution is 6.12. The summed E-state index contributed by atoms with van der Waals surface area (Å²) >= 11 is 0. The average Bonchev–Trinajstić information content (AvgIpc) is 3.94. The first kappa shape index (κ1) is 43.3. The second-order valence-corrected chi connectivity index (χ2v) is 18.8. The molecule has 346 valence electrons. The summed E-state index contributed by atoms with van der Waals surface area (Å²) in [6.45, 7) is 0. The Morgan fingerprint density at radius 2 is 0.750 bits per heavy atom. The van der Waals surface area contributed by atoms with Gasteiger partial charge >= 0.3 is 6.18 Å². The zero-order valence-electron chi connectivity index (χ0n) is 39.2. The summed E-state index contributed by atoms with van der Waals surface area (Å²) < 4.78 is 52.9. The zero-order valence-corrected chi connectivity index (χ0v) is 39.2. The fourth-order valence-electron chi connectivity index (χ4n) is 11.0. The normalized spacial score (nSPS) is 18.5. The third-order valence-electron chi connectivity index (χ3n) is 14.5. The van der Waals surface area contributed by atoms with Crippen LogP contribution in [0, 0.1) is 0 Å². The van der Waals surface area contributed by atoms with Gasteiger partial charge in [0.15, 0.2) is 0 Å². The maximum absolute atomic E-state index is 16.2. The molecule has 6 heteroatoms. The highest BCUT2D eigenvalue weighted by atomic mass is 19.4. The van der Waals surface area contributed by atoms with Gasteiger partial charge in [0.1, 0.15) is 0 Å². The van der Waals surface area contributed by atoms with E-state index in [0.29, 0.717) is 28.3 Å². The number of allylic oxidation sites excluding steroid dienone is 16. The number of aromatic nitrogens is 3. The molecule has 4 aliphatic carbocycles. The van der Waals surface area contributed by atoms with Gasteiger partial charge in [-0.15, -0.1) is 0 Å². The van der Waals surface area contributed by atoms with Crippen molar-refractivity contribution in [3.63, 3.8) is 0 Å². The quantitative estimate of drug-likeness (QED) is 0.172. The minimum absolute atomic E-state index is 0.381. The van der Waals surface area contributed by atoms with Gasteiger partial charge in [0.25, 0.3) is 0 Å². The Morgan fingerprint density at radius 3 is 1.10 bits per heavy atom. The standard InChI is InChI=1S/C66H46F3N3/c67-66(68,69)52-41-63(71-59-37-48(43-17-6-1-7-18-43)29-33-53(59)54-34-30-49(38-60(54)71)44-19-8-2-9-20-44)65(58-28-16-27-57(70-58)47-25-14-5-15-26-47)64(42-52)72-61-39-50(45-21-10-3-11-22-45)31-35-55(61)56-36-32-51(40-62(56)72)46-23-12-4-13-24-46/h1-17,19,21,23,25-42H,18,20,22,24H2. The second kappa shape index (κ2) is 17.6. The van der Waals surface area contributed by atoms with Gasteiger partial charge in [0.05, 0.1) is 50.4 Å². The number of benzene rings is 6. The third-order valence-corrected chi connectivity index (χ3v) is 14.5. The molecular formula is C66H46F3N3. The predicted molar refractivity (Wildman–Crippen MR) is 293 cm³/mol. The third kappa shape index (κ3) is 7.58. The molecule has 0 aliphatic heterocycles. The summed E-state index contributed by atoms with van der Waals surface area (Å²) in [6.07, 6.45) is 31.6. The monoisotopic (exact) mass is 937 g/mol. The van der Waals surface area contributed by atoms with E-state index in [9.17, 15) is 0 Å². The molecule has 6 aromatic carbocycles. The summed E-state index contributed by atoms with van der Waals surface area (Å²) in [7, 11) is 0. The topological polar surface area (TPSA) is 22.8 Å². The zero-order chi connectivity index (χ0) is 48.3. The van der Waals surface area contributed by atoms with Crippen LogP contribution in [0.4, 0.5) is 13.2 Å². The molecule has 72 heavy (non-hydrogen) atoms. The van der Waals surface area contributed by atoms with Crippen molar-refractivity contribution >= 4 is 65.9 Å². The number of nitrogens with zero attached hydrogens (tertiary/aromatic N) is 3. The van der Waals surface area contributed by atoms with Crippen molar-refractivity contribution in [2.75, 3.05) is 0 Å². The fourth-order valence-corrected chi connectivity index (χ4v) is 11.0. The Bertz CT molecular complexity index is 3870. The number of alkyl halides is 3. The van der Waals surface area contributed by atoms with Gasteiger partial charge in [-0.2, -0.15) is 13.2 Å². The Kier molecular flexibility index (Phi) is 10.6. The first-order valence-electron chi connectivity index (χ1n) is 24.6. The highest BCUT2D eigenvalue weighted by Gasteiger charge is 2.35. The molecule has 0 unspecified atom stereocenters. The summed E-state index contributed by atoms with van der Waals surface area (Å²) in [5, 5.41) is 7.82. The molecule has 0 saturated carbocycles. The number of pyridine rings is 1. The average molecular weight is 938 g/mol. The second-order valence-electron chi connectivity index (χ2n) is 18.8. The minimum atomic E-state index is -4.72. The predicted octanol–water partition coefficient (Wildman–Crippen LogP) is 14.3. The van der Waals surface area contributed by atoms with E-state index in [1.165, 1.54) is 12.1 Å². The van der Waals surface area contributed by atoms with E-state index in [-0.39, 0.29) is 0 Å². The van der Waals surface area contributed by atoms with Gasteiger partial charge in [-0.1, -0.05) is 182 Å². The maximum atomic E-state index is 16.2. The molecule has 13 rings (SSSR count). The Morgan fingerprint density at radius 1 is 0.375 bits per heavy atom. The van der Waals surface area contributed by atoms with E-state index >= 15 is 13.2 Å². The maximum Gasteiger partial charge on any atom is 0.416 e. The van der Waals surface area contributed by atoms with Gasteiger partial charge < -0.3 is 9.13 Å². The summed E-state index contributed by atoms with van der Waals surface area (Å²) in [5.74, 6) is 0. The lowest BCUT2D eigenvalue weighted by Crippen LogP contribution is -2.13. The molecule has 0 atom stereocenters. The molecule has 4 aliphatic rings. The largest absolute Gasteiger partial charge is 0.416 e. The number of rotatable bonds is 4. The molecular weight excluding hydrogens is 892 g/mol. The molecule has 3 aromatic heterocycles. The molecule has 9 aromatic rings. The minimum Gasteiger partial charge on any atom is -0.308 e. The Labute approximate surface area is 414 Å². The van der Waals surface area contributed by atoms with Gasteiger partial charge in [-0.25, -0.2) is 4.98 Å². The molecule has 0 fully saturated rings. The van der Waals surface area contributed by atoms with Crippen molar-refractivity contribution in [2.24, 2.45) is 0 Å². The van der Waals surface area contributed by atoms with Crippen LogP contribution in [-0.2, 0) is 6.18 Å². The summed E-state index contributed by atoms with van der Waals surface area (Å²) in [6, 6.07) is 44.3. The Hall–Kier alpha value is -8.74. The van der Waals surface area contributed by atoms with Crippen molar-refractivity contribution in [3.8, 4) is 33.9 Å². The molecule has 0 saturated heterocycles. The van der Waals surface area contributed by atoms with Gasteiger partial charge in [0, 0.05) is 32.7 Å². The van der Waals surface area contributed by atoms with E-state index < -0.39 is 11.7 Å². The van der Waals surface area contributed by atoms with Crippen molar-refractivity contribution in [3.05, 3.63) is 257 Å². The van der Waals surface area contributed by atoms with Gasteiger partial charge in [-0.3, -0.25) is 0 Å². The SMILES string of the molecule is FC(F)(F)c1cc(-n2c3cc(=C4C=CC=CC4)ccc3c3ccc(=C4C=CC=CC4)cc32)c(-c2cccc(-c3ccccc3)n2)c(-n2c3cc(=C4C=CC=CC4)ccc3c3ccc(=C4C=CC=CC4)cc32)c1. The van der Waals surface area contributed by atoms with Crippen LogP contribution in [0.3, 0.4) is 0 Å². The molecule has 0 radical (unpaired) electrons. The van der Waals surface area contributed by atoms with Crippen molar-refractivity contribution in [1.29, 1.82) is 0 Å². The van der Waals surface area contributed by atoms with E-state index in [1.807, 2.05) is 97.1 Å².